The maximum Gasteiger partial charge on any atom is 0.316 e. The lowest BCUT2D eigenvalue weighted by molar-refractivity contribution is -0.120. The molecule has 90 valence electrons. The zero-order valence-corrected chi connectivity index (χ0v) is 9.67. The molecule has 0 aliphatic rings. The van der Waals surface area contributed by atoms with Gasteiger partial charge in [-0.3, -0.25) is 10.1 Å². The third-order valence-corrected chi connectivity index (χ3v) is 1.64. The number of hydrogen-bond donors (Lipinski definition) is 3. The molecule has 16 heavy (non-hydrogen) atoms. The molecule has 0 spiro atoms. The Morgan fingerprint density at radius 1 is 1.25 bits per heavy atom. The second kappa shape index (κ2) is 8.56. The van der Waals surface area contributed by atoms with E-state index in [0.717, 1.165) is 0 Å². The molecule has 0 radical (unpaired) electrons. The van der Waals surface area contributed by atoms with E-state index in [2.05, 4.69) is 21.9 Å². The Labute approximate surface area is 95.8 Å². The van der Waals surface area contributed by atoms with Crippen LogP contribution in [0.5, 0.6) is 0 Å². The number of nitrogens with zero attached hydrogens (tertiary/aromatic N) is 1. The number of urea groups is 1. The third-order valence-electron chi connectivity index (χ3n) is 1.64. The van der Waals surface area contributed by atoms with Crippen LogP contribution < -0.4 is 16.0 Å². The van der Waals surface area contributed by atoms with Crippen molar-refractivity contribution < 1.29 is 9.59 Å². The Balaban J connectivity index is 3.42. The standard InChI is InChI=1S/C10H18N4O2/c1-4-5-11-8-9(15)12-6-7-13-10(16)14(2)3/h1,11H,5-8H2,2-3H3,(H,12,15)(H,13,16). The molecule has 0 saturated heterocycles. The Morgan fingerprint density at radius 2 is 1.88 bits per heavy atom. The molecule has 0 fully saturated rings. The van der Waals surface area contributed by atoms with E-state index in [9.17, 15) is 9.59 Å². The first kappa shape index (κ1) is 14.3. The monoisotopic (exact) mass is 226 g/mol. The summed E-state index contributed by atoms with van der Waals surface area (Å²) in [6.07, 6.45) is 5.00. The predicted octanol–water partition coefficient (Wildman–Crippen LogP) is -1.40. The van der Waals surface area contributed by atoms with Crippen LogP contribution in [0.2, 0.25) is 0 Å². The van der Waals surface area contributed by atoms with Crippen LogP contribution in [0.4, 0.5) is 4.79 Å². The van der Waals surface area contributed by atoms with Gasteiger partial charge in [0.15, 0.2) is 0 Å². The van der Waals surface area contributed by atoms with Crippen molar-refractivity contribution in [2.24, 2.45) is 0 Å². The van der Waals surface area contributed by atoms with Crippen molar-refractivity contribution in [3.05, 3.63) is 0 Å². The van der Waals surface area contributed by atoms with E-state index in [4.69, 9.17) is 6.42 Å². The Morgan fingerprint density at radius 3 is 2.44 bits per heavy atom. The van der Waals surface area contributed by atoms with Crippen LogP contribution in [0.25, 0.3) is 0 Å². The van der Waals surface area contributed by atoms with Crippen molar-refractivity contribution in [3.63, 3.8) is 0 Å². The van der Waals surface area contributed by atoms with Crippen LogP contribution in [0.3, 0.4) is 0 Å². The molecule has 0 rings (SSSR count). The van der Waals surface area contributed by atoms with Gasteiger partial charge in [0, 0.05) is 27.2 Å². The number of nitrogens with one attached hydrogen (secondary N) is 3. The summed E-state index contributed by atoms with van der Waals surface area (Å²) in [5.74, 6) is 2.22. The summed E-state index contributed by atoms with van der Waals surface area (Å²) in [6.45, 7) is 1.35. The van der Waals surface area contributed by atoms with E-state index in [0.29, 0.717) is 19.6 Å². The smallest absolute Gasteiger partial charge is 0.316 e. The van der Waals surface area contributed by atoms with Gasteiger partial charge in [0.25, 0.3) is 0 Å². The number of amides is 3. The Kier molecular flexibility index (Phi) is 7.63. The normalized spacial score (nSPS) is 9.06. The lowest BCUT2D eigenvalue weighted by Crippen LogP contribution is -2.41. The van der Waals surface area contributed by atoms with Gasteiger partial charge >= 0.3 is 6.03 Å². The molecule has 0 aliphatic carbocycles. The molecule has 0 aliphatic heterocycles. The number of carbonyl (C=O) groups is 2. The molecule has 0 aromatic carbocycles. The quantitative estimate of drug-likeness (QED) is 0.385. The molecule has 0 bridgehead atoms. The summed E-state index contributed by atoms with van der Waals surface area (Å²) in [4.78, 5) is 23.6. The highest BCUT2D eigenvalue weighted by Gasteiger charge is 2.02. The molecule has 0 atom stereocenters. The van der Waals surface area contributed by atoms with Crippen LogP contribution in [0.1, 0.15) is 0 Å². The fourth-order valence-corrected chi connectivity index (χ4v) is 0.840. The minimum atomic E-state index is -0.181. The van der Waals surface area contributed by atoms with E-state index in [1.54, 1.807) is 14.1 Å². The van der Waals surface area contributed by atoms with Crippen molar-refractivity contribution in [2.45, 2.75) is 0 Å². The average Bonchev–Trinajstić information content (AvgIpc) is 2.24. The van der Waals surface area contributed by atoms with Gasteiger partial charge in [0.2, 0.25) is 5.91 Å². The van der Waals surface area contributed by atoms with Gasteiger partial charge in [-0.2, -0.15) is 0 Å². The lowest BCUT2D eigenvalue weighted by Gasteiger charge is -2.12. The van der Waals surface area contributed by atoms with Gasteiger partial charge in [-0.1, -0.05) is 5.92 Å². The van der Waals surface area contributed by atoms with E-state index < -0.39 is 0 Å². The third kappa shape index (κ3) is 7.64. The summed E-state index contributed by atoms with van der Waals surface area (Å²) in [6, 6.07) is -0.181. The SMILES string of the molecule is C#CCNCC(=O)NCCNC(=O)N(C)C. The molecule has 0 saturated carbocycles. The molecule has 0 heterocycles. The molecule has 0 unspecified atom stereocenters. The first-order chi connectivity index (χ1) is 7.57. The molecule has 0 aromatic heterocycles. The second-order valence-electron chi connectivity index (χ2n) is 3.28. The number of hydrogen-bond acceptors (Lipinski definition) is 3. The van der Waals surface area contributed by atoms with E-state index in [1.807, 2.05) is 0 Å². The van der Waals surface area contributed by atoms with E-state index in [1.165, 1.54) is 4.90 Å². The van der Waals surface area contributed by atoms with Crippen LogP contribution in [0, 0.1) is 12.3 Å². The molecule has 6 heteroatoms. The highest BCUT2D eigenvalue weighted by atomic mass is 16.2. The predicted molar refractivity (Wildman–Crippen MR) is 61.8 cm³/mol. The summed E-state index contributed by atoms with van der Waals surface area (Å²) < 4.78 is 0. The summed E-state index contributed by atoms with van der Waals surface area (Å²) in [5.41, 5.74) is 0. The van der Waals surface area contributed by atoms with Crippen LogP contribution >= 0.6 is 0 Å². The first-order valence-corrected chi connectivity index (χ1v) is 4.94. The minimum Gasteiger partial charge on any atom is -0.353 e. The fraction of sp³-hybridized carbons (Fsp3) is 0.600. The fourth-order valence-electron chi connectivity index (χ4n) is 0.840. The molecule has 0 aromatic rings. The van der Waals surface area contributed by atoms with Crippen LogP contribution in [0.15, 0.2) is 0 Å². The van der Waals surface area contributed by atoms with Crippen molar-refractivity contribution in [2.75, 3.05) is 40.3 Å². The van der Waals surface area contributed by atoms with Gasteiger partial charge in [0.05, 0.1) is 13.1 Å². The van der Waals surface area contributed by atoms with Gasteiger partial charge < -0.3 is 15.5 Å². The van der Waals surface area contributed by atoms with E-state index >= 15 is 0 Å². The molecular weight excluding hydrogens is 208 g/mol. The van der Waals surface area contributed by atoms with Crippen LogP contribution in [-0.2, 0) is 4.79 Å². The topological polar surface area (TPSA) is 73.5 Å². The first-order valence-electron chi connectivity index (χ1n) is 4.94. The maximum absolute atomic E-state index is 11.1. The van der Waals surface area contributed by atoms with Gasteiger partial charge in [-0.25, -0.2) is 4.79 Å². The van der Waals surface area contributed by atoms with E-state index in [-0.39, 0.29) is 18.5 Å². The molecule has 6 nitrogen and oxygen atoms in total. The number of carbonyl (C=O) groups excluding carboxylic acids is 2. The Bertz CT molecular complexity index is 270. The largest absolute Gasteiger partial charge is 0.353 e. The zero-order valence-electron chi connectivity index (χ0n) is 9.67. The van der Waals surface area contributed by atoms with Gasteiger partial charge in [0.1, 0.15) is 0 Å². The summed E-state index contributed by atoms with van der Waals surface area (Å²) in [7, 11) is 3.30. The number of terminal acetylenes is 1. The number of rotatable bonds is 6. The van der Waals surface area contributed by atoms with Crippen molar-refractivity contribution in [1.29, 1.82) is 0 Å². The lowest BCUT2D eigenvalue weighted by atomic mass is 10.5. The van der Waals surface area contributed by atoms with Gasteiger partial charge in [-0.15, -0.1) is 6.42 Å². The Hall–Kier alpha value is -1.74. The zero-order chi connectivity index (χ0) is 12.4. The second-order valence-corrected chi connectivity index (χ2v) is 3.28. The highest BCUT2D eigenvalue weighted by molar-refractivity contribution is 5.78. The van der Waals surface area contributed by atoms with Crippen LogP contribution in [-0.4, -0.2) is 57.1 Å². The average molecular weight is 226 g/mol. The summed E-state index contributed by atoms with van der Waals surface area (Å²) in [5, 5.41) is 8.02. The van der Waals surface area contributed by atoms with Crippen molar-refractivity contribution in [3.8, 4) is 12.3 Å². The van der Waals surface area contributed by atoms with Crippen molar-refractivity contribution >= 4 is 11.9 Å². The highest BCUT2D eigenvalue weighted by Crippen LogP contribution is 1.74. The van der Waals surface area contributed by atoms with Crippen molar-refractivity contribution in [1.82, 2.24) is 20.9 Å². The molecule has 3 N–H and O–H groups in total. The maximum atomic E-state index is 11.1. The molecular formula is C10H18N4O2. The summed E-state index contributed by atoms with van der Waals surface area (Å²) >= 11 is 0. The minimum absolute atomic E-state index is 0.144. The van der Waals surface area contributed by atoms with Gasteiger partial charge in [-0.05, 0) is 0 Å². The molecule has 3 amide bonds.